The lowest BCUT2D eigenvalue weighted by Crippen LogP contribution is -2.40. The fraction of sp³-hybridized carbons (Fsp3) is 0.318. The van der Waals surface area contributed by atoms with Crippen molar-refractivity contribution in [2.75, 3.05) is 25.0 Å². The third kappa shape index (κ3) is 5.98. The summed E-state index contributed by atoms with van der Waals surface area (Å²) in [4.78, 5) is 26.0. The van der Waals surface area contributed by atoms with Crippen LogP contribution in [0.5, 0.6) is 5.75 Å². The summed E-state index contributed by atoms with van der Waals surface area (Å²) < 4.78 is 5.80. The zero-order valence-corrected chi connectivity index (χ0v) is 16.2. The number of nitrogens with zero attached hydrogens (tertiary/aromatic N) is 2. The van der Waals surface area contributed by atoms with E-state index in [1.165, 1.54) is 0 Å². The van der Waals surface area contributed by atoms with Crippen LogP contribution in [0.3, 0.4) is 0 Å². The number of ether oxygens (including phenoxy) is 1. The Morgan fingerprint density at radius 2 is 1.79 bits per heavy atom. The molecular weight excluding hydrogens is 368 g/mol. The first-order valence-corrected chi connectivity index (χ1v) is 9.65. The van der Waals surface area contributed by atoms with Crippen molar-refractivity contribution in [2.24, 2.45) is 0 Å². The number of amides is 3. The number of anilines is 1. The Bertz CT molecular complexity index is 884. The third-order valence-electron chi connectivity index (χ3n) is 4.73. The lowest BCUT2D eigenvalue weighted by atomic mass is 10.1. The Labute approximate surface area is 170 Å². The highest BCUT2D eigenvalue weighted by Crippen LogP contribution is 2.19. The lowest BCUT2D eigenvalue weighted by molar-refractivity contribution is -0.128. The smallest absolute Gasteiger partial charge is 0.319 e. The van der Waals surface area contributed by atoms with Gasteiger partial charge in [0.05, 0.1) is 19.0 Å². The number of rotatable bonds is 7. The molecule has 0 radical (unpaired) electrons. The van der Waals surface area contributed by atoms with E-state index < -0.39 is 6.03 Å². The Morgan fingerprint density at radius 1 is 1.07 bits per heavy atom. The zero-order valence-electron chi connectivity index (χ0n) is 16.2. The zero-order chi connectivity index (χ0) is 20.5. The first kappa shape index (κ1) is 20.2. The van der Waals surface area contributed by atoms with Crippen molar-refractivity contribution in [3.05, 3.63) is 59.7 Å². The molecule has 150 valence electrons. The molecule has 7 heteroatoms. The molecule has 1 heterocycles. The number of para-hydroxylation sites is 1. The number of carbonyl (C=O) groups excluding carboxylic acids is 2. The Balaban J connectivity index is 1.52. The largest absolute Gasteiger partial charge is 0.489 e. The van der Waals surface area contributed by atoms with Gasteiger partial charge < -0.3 is 20.3 Å². The van der Waals surface area contributed by atoms with Gasteiger partial charge in [0, 0.05) is 24.3 Å². The van der Waals surface area contributed by atoms with E-state index in [4.69, 9.17) is 10.00 Å². The Kier molecular flexibility index (Phi) is 7.06. The maximum atomic E-state index is 12.2. The SMILES string of the molecule is N#CCc1ccc(OCc2ccccc2NC(=O)NCC(=O)N2CCCC2)cc1. The summed E-state index contributed by atoms with van der Waals surface area (Å²) in [6, 6.07) is 16.4. The standard InChI is InChI=1S/C22H24N4O3/c23-12-11-17-7-9-19(10-8-17)29-16-18-5-1-2-6-20(18)25-22(28)24-15-21(27)26-13-3-4-14-26/h1-2,5-10H,3-4,11,13-16H2,(H2,24,25,28). The van der Waals surface area contributed by atoms with Gasteiger partial charge in [-0.25, -0.2) is 4.79 Å². The molecule has 1 saturated heterocycles. The van der Waals surface area contributed by atoms with Gasteiger partial charge >= 0.3 is 6.03 Å². The second-order valence-electron chi connectivity index (χ2n) is 6.82. The highest BCUT2D eigenvalue weighted by molar-refractivity contribution is 5.92. The monoisotopic (exact) mass is 392 g/mol. The number of hydrogen-bond acceptors (Lipinski definition) is 4. The van der Waals surface area contributed by atoms with Crippen molar-refractivity contribution in [1.29, 1.82) is 5.26 Å². The molecule has 1 fully saturated rings. The number of likely N-dealkylation sites (tertiary alicyclic amines) is 1. The van der Waals surface area contributed by atoms with Gasteiger partial charge in [-0.15, -0.1) is 0 Å². The molecule has 2 aromatic carbocycles. The first-order chi connectivity index (χ1) is 14.2. The molecule has 7 nitrogen and oxygen atoms in total. The van der Waals surface area contributed by atoms with Crippen LogP contribution in [0.4, 0.5) is 10.5 Å². The van der Waals surface area contributed by atoms with E-state index in [0.717, 1.165) is 37.1 Å². The third-order valence-corrected chi connectivity index (χ3v) is 4.73. The summed E-state index contributed by atoms with van der Waals surface area (Å²) in [6.45, 7) is 1.79. The predicted molar refractivity (Wildman–Crippen MR) is 109 cm³/mol. The second-order valence-corrected chi connectivity index (χ2v) is 6.82. The van der Waals surface area contributed by atoms with Gasteiger partial charge in [-0.05, 0) is 36.6 Å². The van der Waals surface area contributed by atoms with E-state index >= 15 is 0 Å². The van der Waals surface area contributed by atoms with Crippen LogP contribution in [0.25, 0.3) is 0 Å². The second kappa shape index (κ2) is 10.1. The number of urea groups is 1. The van der Waals surface area contributed by atoms with Crippen molar-refractivity contribution in [2.45, 2.75) is 25.9 Å². The van der Waals surface area contributed by atoms with Crippen LogP contribution in [0.15, 0.2) is 48.5 Å². The maximum Gasteiger partial charge on any atom is 0.319 e. The van der Waals surface area contributed by atoms with Crippen LogP contribution in [0, 0.1) is 11.3 Å². The Morgan fingerprint density at radius 3 is 2.52 bits per heavy atom. The van der Waals surface area contributed by atoms with Gasteiger partial charge in [0.1, 0.15) is 12.4 Å². The molecule has 0 unspecified atom stereocenters. The minimum atomic E-state index is -0.425. The van der Waals surface area contributed by atoms with E-state index in [-0.39, 0.29) is 19.1 Å². The molecule has 0 aromatic heterocycles. The Hall–Kier alpha value is -3.53. The van der Waals surface area contributed by atoms with E-state index in [9.17, 15) is 9.59 Å². The molecule has 2 N–H and O–H groups in total. The van der Waals surface area contributed by atoms with Gasteiger partial charge in [-0.3, -0.25) is 4.79 Å². The van der Waals surface area contributed by atoms with Gasteiger partial charge in [-0.2, -0.15) is 5.26 Å². The predicted octanol–water partition coefficient (Wildman–Crippen LogP) is 3.08. The van der Waals surface area contributed by atoms with E-state index in [2.05, 4.69) is 16.7 Å². The molecule has 3 rings (SSSR count). The summed E-state index contributed by atoms with van der Waals surface area (Å²) in [6.07, 6.45) is 2.40. The number of carbonyl (C=O) groups is 2. The van der Waals surface area contributed by atoms with Crippen molar-refractivity contribution in [1.82, 2.24) is 10.2 Å². The minimum Gasteiger partial charge on any atom is -0.489 e. The van der Waals surface area contributed by atoms with Crippen LogP contribution in [-0.4, -0.2) is 36.5 Å². The molecule has 0 atom stereocenters. The highest BCUT2D eigenvalue weighted by Gasteiger charge is 2.18. The molecule has 0 bridgehead atoms. The van der Waals surface area contributed by atoms with Crippen LogP contribution < -0.4 is 15.4 Å². The van der Waals surface area contributed by atoms with E-state index in [1.807, 2.05) is 42.5 Å². The van der Waals surface area contributed by atoms with Crippen LogP contribution >= 0.6 is 0 Å². The molecule has 1 aliphatic heterocycles. The normalized spacial score (nSPS) is 12.9. The molecule has 0 saturated carbocycles. The summed E-state index contributed by atoms with van der Waals surface area (Å²) >= 11 is 0. The molecule has 1 aliphatic rings. The lowest BCUT2D eigenvalue weighted by Gasteiger charge is -2.16. The summed E-state index contributed by atoms with van der Waals surface area (Å²) in [5, 5.41) is 14.1. The van der Waals surface area contributed by atoms with E-state index in [0.29, 0.717) is 17.9 Å². The summed E-state index contributed by atoms with van der Waals surface area (Å²) in [5.41, 5.74) is 2.37. The average Bonchev–Trinajstić information content (AvgIpc) is 3.28. The number of nitriles is 1. The summed E-state index contributed by atoms with van der Waals surface area (Å²) in [5.74, 6) is 0.622. The van der Waals surface area contributed by atoms with E-state index in [1.54, 1.807) is 11.0 Å². The van der Waals surface area contributed by atoms with Crippen molar-refractivity contribution >= 4 is 17.6 Å². The molecule has 29 heavy (non-hydrogen) atoms. The van der Waals surface area contributed by atoms with Crippen molar-refractivity contribution in [3.8, 4) is 11.8 Å². The van der Waals surface area contributed by atoms with Crippen molar-refractivity contribution in [3.63, 3.8) is 0 Å². The fourth-order valence-corrected chi connectivity index (χ4v) is 3.12. The fourth-order valence-electron chi connectivity index (χ4n) is 3.12. The minimum absolute atomic E-state index is 0.0143. The topological polar surface area (TPSA) is 94.5 Å². The van der Waals surface area contributed by atoms with Crippen LogP contribution in [0.2, 0.25) is 0 Å². The molecule has 3 amide bonds. The van der Waals surface area contributed by atoms with Gasteiger partial charge in [0.15, 0.2) is 0 Å². The molecular formula is C22H24N4O3. The van der Waals surface area contributed by atoms with Crippen LogP contribution in [-0.2, 0) is 17.8 Å². The molecule has 2 aromatic rings. The average molecular weight is 392 g/mol. The number of nitrogens with one attached hydrogen (secondary N) is 2. The van der Waals surface area contributed by atoms with Gasteiger partial charge in [0.2, 0.25) is 5.91 Å². The highest BCUT2D eigenvalue weighted by atomic mass is 16.5. The molecule has 0 spiro atoms. The maximum absolute atomic E-state index is 12.2. The quantitative estimate of drug-likeness (QED) is 0.757. The van der Waals surface area contributed by atoms with Gasteiger partial charge in [-0.1, -0.05) is 30.3 Å². The van der Waals surface area contributed by atoms with Crippen LogP contribution in [0.1, 0.15) is 24.0 Å². The van der Waals surface area contributed by atoms with Gasteiger partial charge in [0.25, 0.3) is 0 Å². The first-order valence-electron chi connectivity index (χ1n) is 9.65. The summed E-state index contributed by atoms with van der Waals surface area (Å²) in [7, 11) is 0. The number of hydrogen-bond donors (Lipinski definition) is 2. The number of benzene rings is 2. The van der Waals surface area contributed by atoms with Crippen molar-refractivity contribution < 1.29 is 14.3 Å². The molecule has 0 aliphatic carbocycles.